The Kier molecular flexibility index (Phi) is 3.19. The molecule has 1 aromatic heterocycles. The fraction of sp³-hybridized carbons (Fsp3) is 0.429. The van der Waals surface area contributed by atoms with Gasteiger partial charge in [0.15, 0.2) is 5.82 Å². The summed E-state index contributed by atoms with van der Waals surface area (Å²) in [4.78, 5) is 11.4. The van der Waals surface area contributed by atoms with E-state index in [0.29, 0.717) is 29.8 Å². The highest BCUT2D eigenvalue weighted by Gasteiger charge is 2.45. The summed E-state index contributed by atoms with van der Waals surface area (Å²) in [5.74, 6) is -0.644. The Hall–Kier alpha value is -2.31. The third-order valence-corrected chi connectivity index (χ3v) is 4.16. The largest absolute Gasteiger partial charge is 0.481 e. The Balaban J connectivity index is 1.94. The molecule has 0 amide bonds. The highest BCUT2D eigenvalue weighted by molar-refractivity contribution is 5.75. The third kappa shape index (κ3) is 2.28. The summed E-state index contributed by atoms with van der Waals surface area (Å²) in [5, 5.41) is 20.9. The van der Waals surface area contributed by atoms with E-state index in [9.17, 15) is 14.3 Å². The number of hydrogen-bond donors (Lipinski definition) is 1. The summed E-state index contributed by atoms with van der Waals surface area (Å²) < 4.78 is 14.8. The average Bonchev–Trinajstić information content (AvgIpc) is 2.84. The number of aryl methyl sites for hydroxylation is 1. The first-order chi connectivity index (χ1) is 10.0. The van der Waals surface area contributed by atoms with Gasteiger partial charge in [0.05, 0.1) is 12.0 Å². The summed E-state index contributed by atoms with van der Waals surface area (Å²) in [6.07, 6.45) is 2.16. The van der Waals surface area contributed by atoms with E-state index < -0.39 is 11.4 Å². The molecular formula is C14H15FN4O2. The summed E-state index contributed by atoms with van der Waals surface area (Å²) in [6.45, 7) is 1.90. The standard InChI is InChI=1S/C14H15FN4O2/c1-9-7-10(3-4-11(9)15)12-16-17-18-19(12)8-14(13(20)21)5-2-6-14/h3-4,7H,2,5-6,8H2,1H3,(H,20,21). The zero-order valence-electron chi connectivity index (χ0n) is 11.6. The molecular weight excluding hydrogens is 275 g/mol. The number of rotatable bonds is 4. The van der Waals surface area contributed by atoms with Gasteiger partial charge in [0.25, 0.3) is 0 Å². The van der Waals surface area contributed by atoms with Crippen LogP contribution in [0.5, 0.6) is 0 Å². The Morgan fingerprint density at radius 3 is 2.81 bits per heavy atom. The van der Waals surface area contributed by atoms with Gasteiger partial charge in [-0.15, -0.1) is 5.10 Å². The topological polar surface area (TPSA) is 80.9 Å². The van der Waals surface area contributed by atoms with E-state index in [-0.39, 0.29) is 12.4 Å². The van der Waals surface area contributed by atoms with Crippen LogP contribution < -0.4 is 0 Å². The lowest BCUT2D eigenvalue weighted by molar-refractivity contribution is -0.156. The van der Waals surface area contributed by atoms with Crippen molar-refractivity contribution in [2.45, 2.75) is 32.7 Å². The molecule has 0 unspecified atom stereocenters. The molecule has 1 aliphatic rings. The van der Waals surface area contributed by atoms with Crippen LogP contribution in [0.3, 0.4) is 0 Å². The molecule has 1 aliphatic carbocycles. The molecule has 21 heavy (non-hydrogen) atoms. The van der Waals surface area contributed by atoms with Crippen molar-refractivity contribution in [3.8, 4) is 11.4 Å². The van der Waals surface area contributed by atoms with E-state index in [1.165, 1.54) is 10.7 Å². The Bertz CT molecular complexity index is 694. The second kappa shape index (κ2) is 4.91. The van der Waals surface area contributed by atoms with Crippen molar-refractivity contribution in [1.82, 2.24) is 20.2 Å². The highest BCUT2D eigenvalue weighted by Crippen LogP contribution is 2.43. The van der Waals surface area contributed by atoms with E-state index in [1.807, 2.05) is 0 Å². The van der Waals surface area contributed by atoms with Crippen LogP contribution in [0, 0.1) is 18.2 Å². The second-order valence-corrected chi connectivity index (χ2v) is 5.56. The average molecular weight is 290 g/mol. The van der Waals surface area contributed by atoms with Gasteiger partial charge in [-0.25, -0.2) is 9.07 Å². The molecule has 110 valence electrons. The maximum Gasteiger partial charge on any atom is 0.311 e. The molecule has 1 saturated carbocycles. The van der Waals surface area contributed by atoms with Gasteiger partial charge in [0.2, 0.25) is 0 Å². The molecule has 1 heterocycles. The Morgan fingerprint density at radius 1 is 1.48 bits per heavy atom. The van der Waals surface area contributed by atoms with Crippen LogP contribution in [0.15, 0.2) is 18.2 Å². The fourth-order valence-corrected chi connectivity index (χ4v) is 2.63. The lowest BCUT2D eigenvalue weighted by atomic mass is 9.69. The Morgan fingerprint density at radius 2 is 2.24 bits per heavy atom. The van der Waals surface area contributed by atoms with Gasteiger partial charge in [-0.05, 0) is 54.0 Å². The molecule has 0 spiro atoms. The van der Waals surface area contributed by atoms with Gasteiger partial charge >= 0.3 is 5.97 Å². The van der Waals surface area contributed by atoms with Crippen molar-refractivity contribution in [2.24, 2.45) is 5.41 Å². The van der Waals surface area contributed by atoms with Crippen molar-refractivity contribution in [1.29, 1.82) is 0 Å². The van der Waals surface area contributed by atoms with Gasteiger partial charge in [0, 0.05) is 5.56 Å². The van der Waals surface area contributed by atoms with Gasteiger partial charge in [0.1, 0.15) is 5.82 Å². The maximum atomic E-state index is 13.3. The first-order valence-electron chi connectivity index (χ1n) is 6.78. The van der Waals surface area contributed by atoms with E-state index in [1.54, 1.807) is 19.1 Å². The molecule has 7 heteroatoms. The summed E-state index contributed by atoms with van der Waals surface area (Å²) in [7, 11) is 0. The number of aromatic nitrogens is 4. The first kappa shape index (κ1) is 13.7. The van der Waals surface area contributed by atoms with Crippen LogP contribution in [0.2, 0.25) is 0 Å². The van der Waals surface area contributed by atoms with Crippen LogP contribution in [0.25, 0.3) is 11.4 Å². The van der Waals surface area contributed by atoms with E-state index in [4.69, 9.17) is 0 Å². The highest BCUT2D eigenvalue weighted by atomic mass is 19.1. The number of benzene rings is 1. The number of aliphatic carboxylic acids is 1. The van der Waals surface area contributed by atoms with E-state index in [2.05, 4.69) is 15.5 Å². The summed E-state index contributed by atoms with van der Waals surface area (Å²) >= 11 is 0. The zero-order valence-corrected chi connectivity index (χ0v) is 11.6. The quantitative estimate of drug-likeness (QED) is 0.932. The van der Waals surface area contributed by atoms with Crippen LogP contribution in [-0.4, -0.2) is 31.3 Å². The molecule has 1 fully saturated rings. The lowest BCUT2D eigenvalue weighted by Crippen LogP contribution is -2.42. The number of carboxylic acids is 1. The first-order valence-corrected chi connectivity index (χ1v) is 6.78. The molecule has 2 aromatic rings. The number of carboxylic acid groups (broad SMARTS) is 1. The molecule has 0 atom stereocenters. The van der Waals surface area contributed by atoms with Crippen molar-refractivity contribution < 1.29 is 14.3 Å². The SMILES string of the molecule is Cc1cc(-c2nnnn2CC2(C(=O)O)CCC2)ccc1F. The van der Waals surface area contributed by atoms with E-state index >= 15 is 0 Å². The van der Waals surface area contributed by atoms with Crippen molar-refractivity contribution in [3.63, 3.8) is 0 Å². The second-order valence-electron chi connectivity index (χ2n) is 5.56. The molecule has 3 rings (SSSR count). The molecule has 0 radical (unpaired) electrons. The van der Waals surface area contributed by atoms with Gasteiger partial charge in [-0.2, -0.15) is 0 Å². The van der Waals surface area contributed by atoms with Gasteiger partial charge in [-0.1, -0.05) is 6.42 Å². The minimum Gasteiger partial charge on any atom is -0.481 e. The van der Waals surface area contributed by atoms with Crippen molar-refractivity contribution in [2.75, 3.05) is 0 Å². The molecule has 1 N–H and O–H groups in total. The van der Waals surface area contributed by atoms with Crippen LogP contribution >= 0.6 is 0 Å². The zero-order chi connectivity index (χ0) is 15.0. The predicted molar refractivity (Wildman–Crippen MR) is 71.9 cm³/mol. The molecule has 0 bridgehead atoms. The van der Waals surface area contributed by atoms with Gasteiger partial charge < -0.3 is 5.11 Å². The van der Waals surface area contributed by atoms with E-state index in [0.717, 1.165) is 6.42 Å². The van der Waals surface area contributed by atoms with Crippen LogP contribution in [-0.2, 0) is 11.3 Å². The number of halogens is 1. The fourth-order valence-electron chi connectivity index (χ4n) is 2.63. The molecule has 6 nitrogen and oxygen atoms in total. The third-order valence-electron chi connectivity index (χ3n) is 4.16. The number of carbonyl (C=O) groups is 1. The Labute approximate surface area is 120 Å². The number of tetrazole rings is 1. The monoisotopic (exact) mass is 290 g/mol. The number of hydrogen-bond acceptors (Lipinski definition) is 4. The molecule has 0 aliphatic heterocycles. The minimum absolute atomic E-state index is 0.237. The van der Waals surface area contributed by atoms with Crippen molar-refractivity contribution in [3.05, 3.63) is 29.6 Å². The number of nitrogens with zero attached hydrogens (tertiary/aromatic N) is 4. The molecule has 0 saturated heterocycles. The van der Waals surface area contributed by atoms with Crippen LogP contribution in [0.4, 0.5) is 4.39 Å². The summed E-state index contributed by atoms with van der Waals surface area (Å²) in [5.41, 5.74) is 0.400. The van der Waals surface area contributed by atoms with Crippen LogP contribution in [0.1, 0.15) is 24.8 Å². The normalized spacial score (nSPS) is 16.5. The predicted octanol–water partition coefficient (Wildman–Crippen LogP) is 2.04. The van der Waals surface area contributed by atoms with Crippen molar-refractivity contribution >= 4 is 5.97 Å². The maximum absolute atomic E-state index is 13.3. The molecule has 1 aromatic carbocycles. The summed E-state index contributed by atoms with van der Waals surface area (Å²) in [6, 6.07) is 4.62. The minimum atomic E-state index is -0.814. The smallest absolute Gasteiger partial charge is 0.311 e. The lowest BCUT2D eigenvalue weighted by Gasteiger charge is -2.37. The van der Waals surface area contributed by atoms with Gasteiger partial charge in [-0.3, -0.25) is 4.79 Å².